The molecule has 0 bridgehead atoms. The predicted molar refractivity (Wildman–Crippen MR) is 96.7 cm³/mol. The van der Waals surface area contributed by atoms with Crippen LogP contribution in [0.4, 0.5) is 11.4 Å². The molecule has 2 aromatic rings. The highest BCUT2D eigenvalue weighted by Gasteiger charge is 2.22. The van der Waals surface area contributed by atoms with Crippen LogP contribution in [0.25, 0.3) is 0 Å². The minimum atomic E-state index is -3.50. The summed E-state index contributed by atoms with van der Waals surface area (Å²) >= 11 is 0. The second kappa shape index (κ2) is 7.62. The molecule has 0 aliphatic heterocycles. The van der Waals surface area contributed by atoms with E-state index >= 15 is 0 Å². The summed E-state index contributed by atoms with van der Waals surface area (Å²) in [6.45, 7) is 0.478. The molecule has 2 rings (SSSR count). The number of benzene rings is 2. The summed E-state index contributed by atoms with van der Waals surface area (Å²) in [7, 11) is 0.529. The van der Waals surface area contributed by atoms with E-state index in [0.29, 0.717) is 12.2 Å². The number of nitro groups is 1. The summed E-state index contributed by atoms with van der Waals surface area (Å²) < 4.78 is 23.2. The first-order chi connectivity index (χ1) is 11.7. The van der Waals surface area contributed by atoms with E-state index in [1.54, 1.807) is 0 Å². The Labute approximate surface area is 147 Å². The van der Waals surface area contributed by atoms with E-state index in [4.69, 9.17) is 0 Å². The lowest BCUT2D eigenvalue weighted by atomic mass is 10.1. The van der Waals surface area contributed by atoms with E-state index in [-0.39, 0.29) is 16.6 Å². The van der Waals surface area contributed by atoms with Crippen LogP contribution in [0.3, 0.4) is 0 Å². The quantitative estimate of drug-likeness (QED) is 0.570. The first kappa shape index (κ1) is 18.9. The zero-order valence-corrected chi connectivity index (χ0v) is 15.2. The Hall–Kier alpha value is -2.45. The van der Waals surface area contributed by atoms with Gasteiger partial charge in [-0.15, -0.1) is 0 Å². The third-order valence-electron chi connectivity index (χ3n) is 3.99. The molecule has 0 saturated heterocycles. The molecule has 0 fully saturated rings. The lowest BCUT2D eigenvalue weighted by Gasteiger charge is -2.22. The van der Waals surface area contributed by atoms with Gasteiger partial charge >= 0.3 is 0 Å². The molecule has 8 heteroatoms. The normalized spacial score (nSPS) is 12.8. The van der Waals surface area contributed by atoms with Crippen molar-refractivity contribution in [3.8, 4) is 0 Å². The molecular formula is C17H22N3O4S+. The monoisotopic (exact) mass is 364 g/mol. The van der Waals surface area contributed by atoms with Crippen LogP contribution in [0.15, 0.2) is 53.4 Å². The van der Waals surface area contributed by atoms with Crippen molar-refractivity contribution in [2.24, 2.45) is 0 Å². The van der Waals surface area contributed by atoms with Gasteiger partial charge in [-0.1, -0.05) is 30.3 Å². The SMILES string of the molecule is C[NH+](C)[C@H](CNc1ccc(S(C)(=O)=O)cc1[N+](=O)[O-])c1ccccc1. The summed E-state index contributed by atoms with van der Waals surface area (Å²) in [6, 6.07) is 13.9. The van der Waals surface area contributed by atoms with E-state index in [1.807, 2.05) is 44.4 Å². The van der Waals surface area contributed by atoms with Crippen molar-refractivity contribution in [1.82, 2.24) is 0 Å². The highest BCUT2D eigenvalue weighted by atomic mass is 32.2. The summed E-state index contributed by atoms with van der Waals surface area (Å²) in [6.07, 6.45) is 1.03. The van der Waals surface area contributed by atoms with E-state index in [1.165, 1.54) is 17.0 Å². The molecular weight excluding hydrogens is 342 g/mol. The van der Waals surface area contributed by atoms with Gasteiger partial charge in [0.2, 0.25) is 0 Å². The molecule has 0 aromatic heterocycles. The fourth-order valence-electron chi connectivity index (χ4n) is 2.60. The fraction of sp³-hybridized carbons (Fsp3) is 0.294. The molecule has 1 atom stereocenters. The van der Waals surface area contributed by atoms with Crippen LogP contribution in [-0.2, 0) is 9.84 Å². The summed E-state index contributed by atoms with van der Waals surface area (Å²) in [5, 5.41) is 14.4. The van der Waals surface area contributed by atoms with Crippen LogP contribution in [0.1, 0.15) is 11.6 Å². The number of hydrogen-bond acceptors (Lipinski definition) is 5. The Morgan fingerprint density at radius 1 is 1.16 bits per heavy atom. The van der Waals surface area contributed by atoms with Crippen molar-refractivity contribution in [3.05, 3.63) is 64.2 Å². The maximum absolute atomic E-state index is 11.6. The van der Waals surface area contributed by atoms with Crippen LogP contribution >= 0.6 is 0 Å². The molecule has 0 saturated carbocycles. The minimum absolute atomic E-state index is 0.0670. The van der Waals surface area contributed by atoms with Crippen LogP contribution in [0, 0.1) is 10.1 Å². The molecule has 0 unspecified atom stereocenters. The van der Waals surface area contributed by atoms with Crippen LogP contribution in [-0.4, -0.2) is 40.2 Å². The van der Waals surface area contributed by atoms with Gasteiger partial charge in [-0.25, -0.2) is 8.42 Å². The Bertz CT molecular complexity index is 851. The van der Waals surface area contributed by atoms with Crippen molar-refractivity contribution in [2.75, 3.05) is 32.2 Å². The van der Waals surface area contributed by atoms with Gasteiger partial charge in [0, 0.05) is 17.9 Å². The Balaban J connectivity index is 2.28. The smallest absolute Gasteiger partial charge is 0.293 e. The average molecular weight is 364 g/mol. The van der Waals surface area contributed by atoms with Gasteiger partial charge < -0.3 is 10.2 Å². The van der Waals surface area contributed by atoms with Crippen molar-refractivity contribution in [1.29, 1.82) is 0 Å². The average Bonchev–Trinajstić information content (AvgIpc) is 2.54. The van der Waals surface area contributed by atoms with Gasteiger partial charge in [0.05, 0.1) is 30.5 Å². The van der Waals surface area contributed by atoms with Crippen molar-refractivity contribution in [2.45, 2.75) is 10.9 Å². The molecule has 2 aromatic carbocycles. The highest BCUT2D eigenvalue weighted by molar-refractivity contribution is 7.90. The van der Waals surface area contributed by atoms with Crippen molar-refractivity contribution in [3.63, 3.8) is 0 Å². The van der Waals surface area contributed by atoms with E-state index < -0.39 is 14.8 Å². The fourth-order valence-corrected chi connectivity index (χ4v) is 3.24. The number of rotatable bonds is 7. The lowest BCUT2D eigenvalue weighted by Crippen LogP contribution is -3.06. The molecule has 25 heavy (non-hydrogen) atoms. The van der Waals surface area contributed by atoms with Crippen molar-refractivity contribution >= 4 is 21.2 Å². The summed E-state index contributed by atoms with van der Waals surface area (Å²) in [5.41, 5.74) is 1.17. The van der Waals surface area contributed by atoms with E-state index in [9.17, 15) is 18.5 Å². The van der Waals surface area contributed by atoms with Gasteiger partial charge in [0.1, 0.15) is 11.7 Å². The maximum Gasteiger partial charge on any atom is 0.293 e. The molecule has 0 amide bonds. The number of anilines is 1. The van der Waals surface area contributed by atoms with Gasteiger partial charge in [-0.2, -0.15) is 0 Å². The second-order valence-electron chi connectivity index (χ2n) is 6.13. The molecule has 0 heterocycles. The van der Waals surface area contributed by atoms with Crippen molar-refractivity contribution < 1.29 is 18.2 Å². The summed E-state index contributed by atoms with van der Waals surface area (Å²) in [5.74, 6) is 0. The number of likely N-dealkylation sites (N-methyl/N-ethyl adjacent to an activating group) is 1. The van der Waals surface area contributed by atoms with Crippen LogP contribution < -0.4 is 10.2 Å². The molecule has 0 radical (unpaired) electrons. The maximum atomic E-state index is 11.6. The second-order valence-corrected chi connectivity index (χ2v) is 8.15. The molecule has 134 valence electrons. The first-order valence-electron chi connectivity index (χ1n) is 7.77. The van der Waals surface area contributed by atoms with Crippen LogP contribution in [0.5, 0.6) is 0 Å². The number of nitrogens with one attached hydrogen (secondary N) is 2. The molecule has 0 aliphatic carbocycles. The topological polar surface area (TPSA) is 93.8 Å². The molecule has 0 spiro atoms. The highest BCUT2D eigenvalue weighted by Crippen LogP contribution is 2.28. The Morgan fingerprint density at radius 3 is 2.32 bits per heavy atom. The third-order valence-corrected chi connectivity index (χ3v) is 5.10. The van der Waals surface area contributed by atoms with Gasteiger partial charge in [-0.05, 0) is 12.1 Å². The number of nitro benzene ring substituents is 1. The first-order valence-corrected chi connectivity index (χ1v) is 9.66. The zero-order chi connectivity index (χ0) is 18.6. The molecule has 0 aliphatic rings. The lowest BCUT2D eigenvalue weighted by molar-refractivity contribution is -0.890. The number of quaternary nitrogens is 1. The molecule has 2 N–H and O–H groups in total. The Kier molecular flexibility index (Phi) is 5.76. The molecule has 7 nitrogen and oxygen atoms in total. The van der Waals surface area contributed by atoms with Gasteiger partial charge in [0.15, 0.2) is 9.84 Å². The van der Waals surface area contributed by atoms with Crippen LogP contribution in [0.2, 0.25) is 0 Å². The Morgan fingerprint density at radius 2 is 1.80 bits per heavy atom. The minimum Gasteiger partial charge on any atom is -0.373 e. The van der Waals surface area contributed by atoms with Gasteiger partial charge in [0.25, 0.3) is 5.69 Å². The third kappa shape index (κ3) is 4.77. The number of sulfone groups is 1. The number of nitrogens with zero attached hydrogens (tertiary/aromatic N) is 1. The standard InChI is InChI=1S/C17H21N3O4S/c1-19(2)17(13-7-5-4-6-8-13)12-18-15-10-9-14(25(3,23)24)11-16(15)20(21)22/h4-11,17-18H,12H2,1-3H3/p+1/t17-/m1/s1. The largest absolute Gasteiger partial charge is 0.373 e. The number of hydrogen-bond donors (Lipinski definition) is 2. The van der Waals surface area contributed by atoms with E-state index in [2.05, 4.69) is 5.32 Å². The zero-order valence-electron chi connectivity index (χ0n) is 14.4. The summed E-state index contributed by atoms with van der Waals surface area (Å²) in [4.78, 5) is 11.9. The predicted octanol–water partition coefficient (Wildman–Crippen LogP) is 1.30. The van der Waals surface area contributed by atoms with E-state index in [0.717, 1.165) is 17.9 Å². The van der Waals surface area contributed by atoms with Gasteiger partial charge in [-0.3, -0.25) is 10.1 Å².